The first-order valence-electron chi connectivity index (χ1n) is 9.31. The van der Waals surface area contributed by atoms with Gasteiger partial charge in [-0.15, -0.1) is 22.7 Å². The van der Waals surface area contributed by atoms with Crippen LogP contribution in [0.25, 0.3) is 0 Å². The number of methoxy groups -OCH3 is 1. The number of benzene rings is 1. The first-order valence-corrected chi connectivity index (χ1v) is 11.0. The number of anilines is 1. The third-order valence-electron chi connectivity index (χ3n) is 4.92. The lowest BCUT2D eigenvalue weighted by atomic mass is 9.88. The minimum Gasteiger partial charge on any atom is -0.497 e. The van der Waals surface area contributed by atoms with E-state index >= 15 is 0 Å². The number of thiophene rings is 2. The van der Waals surface area contributed by atoms with E-state index in [-0.39, 0.29) is 5.91 Å². The number of hydrogen-bond donors (Lipinski definition) is 1. The highest BCUT2D eigenvalue weighted by molar-refractivity contribution is 7.16. The Kier molecular flexibility index (Phi) is 5.59. The summed E-state index contributed by atoms with van der Waals surface area (Å²) in [6.45, 7) is 2.27. The molecule has 3 aromatic rings. The van der Waals surface area contributed by atoms with E-state index in [0.717, 1.165) is 46.1 Å². The highest BCUT2D eigenvalue weighted by Crippen LogP contribution is 2.41. The average molecular weight is 411 g/mol. The van der Waals surface area contributed by atoms with E-state index in [1.54, 1.807) is 29.8 Å². The molecule has 0 radical (unpaired) electrons. The zero-order valence-electron chi connectivity index (χ0n) is 15.9. The number of carbonyl (C=O) groups is 1. The molecular formula is C22H22N2O2S2. The summed E-state index contributed by atoms with van der Waals surface area (Å²) < 4.78 is 5.19. The van der Waals surface area contributed by atoms with Gasteiger partial charge < -0.3 is 10.1 Å². The van der Waals surface area contributed by atoms with E-state index in [2.05, 4.69) is 12.2 Å². The highest BCUT2D eigenvalue weighted by atomic mass is 32.1. The van der Waals surface area contributed by atoms with Gasteiger partial charge in [-0.3, -0.25) is 4.79 Å². The van der Waals surface area contributed by atoms with E-state index in [1.165, 1.54) is 10.4 Å². The van der Waals surface area contributed by atoms with Crippen molar-refractivity contribution in [2.24, 2.45) is 10.9 Å². The molecule has 1 amide bonds. The molecule has 0 saturated carbocycles. The van der Waals surface area contributed by atoms with Crippen LogP contribution < -0.4 is 10.1 Å². The summed E-state index contributed by atoms with van der Waals surface area (Å²) in [5.41, 5.74) is 2.66. The number of nitrogens with zero attached hydrogens (tertiary/aromatic N) is 1. The fourth-order valence-electron chi connectivity index (χ4n) is 3.42. The van der Waals surface area contributed by atoms with Crippen molar-refractivity contribution in [3.05, 3.63) is 62.7 Å². The molecule has 0 fully saturated rings. The van der Waals surface area contributed by atoms with E-state index in [0.29, 0.717) is 5.92 Å². The van der Waals surface area contributed by atoms with E-state index < -0.39 is 0 Å². The number of ether oxygens (including phenoxy) is 1. The summed E-state index contributed by atoms with van der Waals surface area (Å²) >= 11 is 3.30. The molecule has 1 aliphatic rings. The molecule has 2 aromatic heterocycles. The molecule has 0 aliphatic heterocycles. The van der Waals surface area contributed by atoms with Crippen molar-refractivity contribution in [2.75, 3.05) is 12.4 Å². The minimum atomic E-state index is -0.0875. The molecule has 4 rings (SSSR count). The van der Waals surface area contributed by atoms with Gasteiger partial charge in [-0.05, 0) is 66.5 Å². The van der Waals surface area contributed by atoms with Crippen molar-refractivity contribution in [1.29, 1.82) is 0 Å². The van der Waals surface area contributed by atoms with Gasteiger partial charge in [0, 0.05) is 21.7 Å². The standard InChI is InChI=1S/C22H22N2O2S2/c1-14-5-10-18-19(12-14)28-22(23-13-17-4-3-11-27-17)20(18)21(25)24-15-6-8-16(26-2)9-7-15/h3-4,6-9,11,13-14H,5,10,12H2,1-2H3,(H,24,25). The number of rotatable bonds is 5. The summed E-state index contributed by atoms with van der Waals surface area (Å²) in [6.07, 6.45) is 4.93. The molecule has 28 heavy (non-hydrogen) atoms. The number of nitrogens with one attached hydrogen (secondary N) is 1. The minimum absolute atomic E-state index is 0.0875. The quantitative estimate of drug-likeness (QED) is 0.529. The smallest absolute Gasteiger partial charge is 0.259 e. The Hall–Kier alpha value is -2.44. The average Bonchev–Trinajstić information content (AvgIpc) is 3.33. The molecule has 144 valence electrons. The van der Waals surface area contributed by atoms with Gasteiger partial charge in [0.2, 0.25) is 0 Å². The molecule has 1 unspecified atom stereocenters. The zero-order valence-corrected chi connectivity index (χ0v) is 17.5. The van der Waals surface area contributed by atoms with Gasteiger partial charge in [-0.1, -0.05) is 13.0 Å². The molecule has 0 saturated heterocycles. The molecule has 4 nitrogen and oxygen atoms in total. The number of hydrogen-bond acceptors (Lipinski definition) is 5. The van der Waals surface area contributed by atoms with Crippen molar-refractivity contribution in [1.82, 2.24) is 0 Å². The van der Waals surface area contributed by atoms with Gasteiger partial charge in [0.15, 0.2) is 0 Å². The van der Waals surface area contributed by atoms with Gasteiger partial charge >= 0.3 is 0 Å². The van der Waals surface area contributed by atoms with Crippen LogP contribution in [0.3, 0.4) is 0 Å². The van der Waals surface area contributed by atoms with Crippen LogP contribution in [-0.2, 0) is 12.8 Å². The molecular weight excluding hydrogens is 388 g/mol. The molecule has 2 heterocycles. The Labute approximate surface area is 172 Å². The lowest BCUT2D eigenvalue weighted by Crippen LogP contribution is -2.16. The van der Waals surface area contributed by atoms with Crippen molar-refractivity contribution in [2.45, 2.75) is 26.2 Å². The van der Waals surface area contributed by atoms with Crippen LogP contribution >= 0.6 is 22.7 Å². The molecule has 1 N–H and O–H groups in total. The predicted molar refractivity (Wildman–Crippen MR) is 118 cm³/mol. The molecule has 1 aromatic carbocycles. The predicted octanol–water partition coefficient (Wildman–Crippen LogP) is 5.95. The highest BCUT2D eigenvalue weighted by Gasteiger charge is 2.27. The fourth-order valence-corrected chi connectivity index (χ4v) is 5.35. The van der Waals surface area contributed by atoms with Crippen molar-refractivity contribution < 1.29 is 9.53 Å². The summed E-state index contributed by atoms with van der Waals surface area (Å²) in [5.74, 6) is 1.33. The van der Waals surface area contributed by atoms with Crippen LogP contribution in [0.1, 0.15) is 39.0 Å². The third-order valence-corrected chi connectivity index (χ3v) is 6.89. The second-order valence-corrected chi connectivity index (χ2v) is 9.05. The van der Waals surface area contributed by atoms with Gasteiger partial charge in [-0.25, -0.2) is 4.99 Å². The van der Waals surface area contributed by atoms with E-state index in [4.69, 9.17) is 9.73 Å². The Balaban J connectivity index is 1.65. The van der Waals surface area contributed by atoms with Crippen LogP contribution in [0.4, 0.5) is 10.7 Å². The Bertz CT molecular complexity index is 988. The van der Waals surface area contributed by atoms with Crippen LogP contribution in [0, 0.1) is 5.92 Å². The van der Waals surface area contributed by atoms with Crippen molar-refractivity contribution in [3.63, 3.8) is 0 Å². The first kappa shape index (κ1) is 18.9. The molecule has 1 aliphatic carbocycles. The van der Waals surface area contributed by atoms with Gasteiger partial charge in [0.05, 0.1) is 12.7 Å². The summed E-state index contributed by atoms with van der Waals surface area (Å²) in [4.78, 5) is 20.2. The molecule has 1 atom stereocenters. The summed E-state index contributed by atoms with van der Waals surface area (Å²) in [6, 6.07) is 11.4. The zero-order chi connectivity index (χ0) is 19.5. The Morgan fingerprint density at radius 2 is 2.11 bits per heavy atom. The van der Waals surface area contributed by atoms with E-state index in [9.17, 15) is 4.79 Å². The topological polar surface area (TPSA) is 50.7 Å². The monoisotopic (exact) mass is 410 g/mol. The third kappa shape index (κ3) is 4.03. The number of carbonyl (C=O) groups excluding carboxylic acids is 1. The van der Waals surface area contributed by atoms with Gasteiger partial charge in [-0.2, -0.15) is 0 Å². The summed E-state index contributed by atoms with van der Waals surface area (Å²) in [5, 5.41) is 5.86. The van der Waals surface area contributed by atoms with Crippen LogP contribution in [0.15, 0.2) is 46.8 Å². The molecule has 0 bridgehead atoms. The largest absolute Gasteiger partial charge is 0.497 e. The molecule has 6 heteroatoms. The Morgan fingerprint density at radius 3 is 2.82 bits per heavy atom. The fraction of sp³-hybridized carbons (Fsp3) is 0.273. The first-order chi connectivity index (χ1) is 13.6. The van der Waals surface area contributed by atoms with Crippen molar-refractivity contribution in [3.8, 4) is 5.75 Å². The second-order valence-electron chi connectivity index (χ2n) is 6.99. The SMILES string of the molecule is COc1ccc(NC(=O)c2c(N=Cc3cccs3)sc3c2CCC(C)C3)cc1. The normalized spacial score (nSPS) is 16.1. The van der Waals surface area contributed by atoms with Gasteiger partial charge in [0.1, 0.15) is 10.8 Å². The lowest BCUT2D eigenvalue weighted by molar-refractivity contribution is 0.102. The number of aliphatic imine (C=N–C) groups is 1. The number of fused-ring (bicyclic) bond motifs is 1. The maximum Gasteiger partial charge on any atom is 0.259 e. The second kappa shape index (κ2) is 8.29. The lowest BCUT2D eigenvalue weighted by Gasteiger charge is -2.18. The van der Waals surface area contributed by atoms with E-state index in [1.807, 2.05) is 48.0 Å². The van der Waals surface area contributed by atoms with Crippen LogP contribution in [0.5, 0.6) is 5.75 Å². The number of amides is 1. The molecule has 0 spiro atoms. The van der Waals surface area contributed by atoms with Crippen molar-refractivity contribution >= 4 is 45.5 Å². The van der Waals surface area contributed by atoms with Gasteiger partial charge in [0.25, 0.3) is 5.91 Å². The van der Waals surface area contributed by atoms with Crippen LogP contribution in [-0.4, -0.2) is 19.2 Å². The summed E-state index contributed by atoms with van der Waals surface area (Å²) in [7, 11) is 1.63. The van der Waals surface area contributed by atoms with Crippen LogP contribution in [0.2, 0.25) is 0 Å². The maximum atomic E-state index is 13.2. The maximum absolute atomic E-state index is 13.2. The Morgan fingerprint density at radius 1 is 1.29 bits per heavy atom.